The van der Waals surface area contributed by atoms with Crippen molar-refractivity contribution in [1.29, 1.82) is 0 Å². The third-order valence-corrected chi connectivity index (χ3v) is 20.5. The summed E-state index contributed by atoms with van der Waals surface area (Å²) in [6.07, 6.45) is 11.0. The average molecular weight is 805 g/mol. The van der Waals surface area contributed by atoms with Crippen LogP contribution in [0.2, 0.25) is 0 Å². The summed E-state index contributed by atoms with van der Waals surface area (Å²) in [4.78, 5) is 56.2. The Kier molecular flexibility index (Phi) is 10.1. The highest BCUT2D eigenvalue weighted by Gasteiger charge is 2.72. The first-order valence-electron chi connectivity index (χ1n) is 23.2. The van der Waals surface area contributed by atoms with Crippen molar-refractivity contribution in [2.24, 2.45) is 85.2 Å². The van der Waals surface area contributed by atoms with Gasteiger partial charge in [-0.2, -0.15) is 0 Å². The normalized spacial score (nSPS) is 47.0. The van der Waals surface area contributed by atoms with Crippen molar-refractivity contribution < 1.29 is 33.8 Å². The molecule has 324 valence electrons. The summed E-state index contributed by atoms with van der Waals surface area (Å²) in [7, 11) is 0. The van der Waals surface area contributed by atoms with Gasteiger partial charge in [-0.1, -0.05) is 74.5 Å². The number of carbonyl (C=O) groups excluding carboxylic acids is 3. The van der Waals surface area contributed by atoms with Crippen molar-refractivity contribution in [3.8, 4) is 0 Å². The molecule has 1 heterocycles. The first-order chi connectivity index (χ1) is 27.0. The maximum absolute atomic E-state index is 15.1. The van der Waals surface area contributed by atoms with E-state index in [1.54, 1.807) is 0 Å². The first-order valence-corrected chi connectivity index (χ1v) is 23.2. The number of allylic oxidation sites excluding steroid dienone is 1. The maximum atomic E-state index is 15.1. The molecule has 1 unspecified atom stereocenters. The molecule has 8 fully saturated rings. The topological polar surface area (TPSA) is 122 Å². The van der Waals surface area contributed by atoms with Crippen molar-refractivity contribution in [2.45, 2.75) is 158 Å². The molecule has 2 N–H and O–H groups in total. The zero-order valence-electron chi connectivity index (χ0n) is 37.6. The Morgan fingerprint density at radius 3 is 2.07 bits per heavy atom. The largest absolute Gasteiger partial charge is 0.481 e. The van der Waals surface area contributed by atoms with Gasteiger partial charge < -0.3 is 24.8 Å². The van der Waals surface area contributed by atoms with Crippen LogP contribution in [0.1, 0.15) is 146 Å². The Morgan fingerprint density at radius 2 is 1.45 bits per heavy atom. The number of morpholine rings is 1. The van der Waals surface area contributed by atoms with Crippen molar-refractivity contribution in [3.63, 3.8) is 0 Å². The molecule has 0 aromatic rings. The summed E-state index contributed by atoms with van der Waals surface area (Å²) < 4.78 is 12.0. The fraction of sp³-hybridized carbons (Fsp3) is 0.878. The summed E-state index contributed by atoms with van der Waals surface area (Å²) in [5.74, 6) is 0.407. The lowest BCUT2D eigenvalue weighted by molar-refractivity contribution is -0.247. The van der Waals surface area contributed by atoms with Gasteiger partial charge >= 0.3 is 11.9 Å². The van der Waals surface area contributed by atoms with Crippen molar-refractivity contribution in [3.05, 3.63) is 12.2 Å². The van der Waals surface area contributed by atoms with E-state index < -0.39 is 22.7 Å². The molecule has 9 nitrogen and oxygen atoms in total. The molecule has 0 bridgehead atoms. The fourth-order valence-corrected chi connectivity index (χ4v) is 16.7. The van der Waals surface area contributed by atoms with Gasteiger partial charge in [0.25, 0.3) is 0 Å². The standard InChI is InChI=1S/C49H76N2O7/c1-28(2)30-14-17-49(42(56)50-37-25-32(45(37,7)8)39(52)51-20-22-57-23-21-51)19-18-47(10)31(38(30)49)12-13-36-46(9)27-29(26-43(3,4)35(46)15-16-48(36,47)11)58-41(55)34-24-33(40(53)54)44(34,5)6/h29-38H,1,12-27H2,2-11H3,(H,50,56)(H,53,54)/t29?,30-,31+,32-,33+,34-,35-,36+,37-,38+,46-,47+,48+,49-/m0/s1. The molecule has 2 amide bonds. The maximum Gasteiger partial charge on any atom is 0.309 e. The van der Waals surface area contributed by atoms with Crippen LogP contribution in [0.5, 0.6) is 0 Å². The number of carboxylic acids is 1. The predicted octanol–water partition coefficient (Wildman–Crippen LogP) is 8.69. The van der Waals surface area contributed by atoms with Gasteiger partial charge in [-0.3, -0.25) is 19.2 Å². The quantitative estimate of drug-likeness (QED) is 0.195. The van der Waals surface area contributed by atoms with Crippen LogP contribution in [0.25, 0.3) is 0 Å². The smallest absolute Gasteiger partial charge is 0.309 e. The number of nitrogens with one attached hydrogen (secondary N) is 1. The first kappa shape index (κ1) is 42.3. The zero-order valence-corrected chi connectivity index (χ0v) is 37.6. The van der Waals surface area contributed by atoms with E-state index in [1.165, 1.54) is 12.0 Å². The molecule has 0 aromatic carbocycles. The second-order valence-electron chi connectivity index (χ2n) is 23.9. The van der Waals surface area contributed by atoms with Gasteiger partial charge in [0.05, 0.1) is 30.5 Å². The lowest BCUT2D eigenvalue weighted by Crippen LogP contribution is -2.68. The number of esters is 1. The van der Waals surface area contributed by atoms with Gasteiger partial charge in [-0.25, -0.2) is 0 Å². The number of hydrogen-bond acceptors (Lipinski definition) is 6. The summed E-state index contributed by atoms with van der Waals surface area (Å²) in [5.41, 5.74) is 0.00764. The minimum absolute atomic E-state index is 0.00713. The number of aliphatic carboxylic acids is 1. The number of hydrogen-bond donors (Lipinski definition) is 2. The summed E-state index contributed by atoms with van der Waals surface area (Å²) >= 11 is 0. The molecule has 14 atom stereocenters. The Morgan fingerprint density at radius 1 is 0.759 bits per heavy atom. The number of carbonyl (C=O) groups is 4. The van der Waals surface area contributed by atoms with Crippen LogP contribution in [-0.4, -0.2) is 72.2 Å². The molecule has 8 aliphatic rings. The molecule has 1 saturated heterocycles. The van der Waals surface area contributed by atoms with Crippen LogP contribution in [0, 0.1) is 85.2 Å². The van der Waals surface area contributed by atoms with E-state index in [-0.39, 0.29) is 74.8 Å². The summed E-state index contributed by atoms with van der Waals surface area (Å²) in [6.45, 7) is 29.9. The molecule has 0 radical (unpaired) electrons. The lowest BCUT2D eigenvalue weighted by atomic mass is 9.32. The van der Waals surface area contributed by atoms with E-state index in [4.69, 9.17) is 9.47 Å². The van der Waals surface area contributed by atoms with E-state index in [2.05, 4.69) is 67.3 Å². The van der Waals surface area contributed by atoms with E-state index in [0.29, 0.717) is 62.8 Å². The van der Waals surface area contributed by atoms with Crippen LogP contribution in [0.4, 0.5) is 0 Å². The van der Waals surface area contributed by atoms with Gasteiger partial charge in [-0.05, 0) is 146 Å². The molecule has 0 aromatic heterocycles. The van der Waals surface area contributed by atoms with E-state index >= 15 is 4.79 Å². The lowest BCUT2D eigenvalue weighted by Gasteiger charge is -2.72. The van der Waals surface area contributed by atoms with Crippen LogP contribution >= 0.6 is 0 Å². The number of rotatable bonds is 7. The SMILES string of the molecule is C=C(C)[C@@H]1CC[C@]2(C(=O)N[C@H]3C[C@@H](C(=O)N4CCOCC4)C3(C)C)CC[C@]3(C)[C@H](CC[C@@H]4[C@@]5(C)CC(OC(=O)[C@@H]6C[C@H](C(=O)O)C6(C)C)CC(C)(C)[C@@H]5CC[C@]43C)[C@@H]12. The number of fused-ring (bicyclic) bond motifs is 7. The molecule has 7 aliphatic carbocycles. The third-order valence-electron chi connectivity index (χ3n) is 20.5. The van der Waals surface area contributed by atoms with Crippen LogP contribution in [0.15, 0.2) is 12.2 Å². The predicted molar refractivity (Wildman–Crippen MR) is 223 cm³/mol. The molecular formula is C49H76N2O7. The van der Waals surface area contributed by atoms with Crippen LogP contribution < -0.4 is 5.32 Å². The molecule has 7 saturated carbocycles. The van der Waals surface area contributed by atoms with Crippen molar-refractivity contribution in [1.82, 2.24) is 10.2 Å². The molecule has 8 rings (SSSR count). The second-order valence-corrected chi connectivity index (χ2v) is 23.9. The van der Waals surface area contributed by atoms with E-state index in [9.17, 15) is 19.5 Å². The van der Waals surface area contributed by atoms with Crippen molar-refractivity contribution >= 4 is 23.8 Å². The average Bonchev–Trinajstić information content (AvgIpc) is 3.54. The van der Waals surface area contributed by atoms with E-state index in [1.807, 2.05) is 18.7 Å². The Hall–Kier alpha value is -2.42. The summed E-state index contributed by atoms with van der Waals surface area (Å²) in [6, 6.07) is -0.0173. The Bertz CT molecular complexity index is 1730. The zero-order chi connectivity index (χ0) is 42.2. The highest BCUT2D eigenvalue weighted by atomic mass is 16.5. The molecular weight excluding hydrogens is 729 g/mol. The minimum atomic E-state index is -0.824. The highest BCUT2D eigenvalue weighted by molar-refractivity contribution is 5.86. The Labute approximate surface area is 348 Å². The van der Waals surface area contributed by atoms with Crippen molar-refractivity contribution in [2.75, 3.05) is 26.3 Å². The van der Waals surface area contributed by atoms with Gasteiger partial charge in [-0.15, -0.1) is 0 Å². The number of nitrogens with zero attached hydrogens (tertiary/aromatic N) is 1. The third kappa shape index (κ3) is 5.89. The van der Waals surface area contributed by atoms with E-state index in [0.717, 1.165) is 57.8 Å². The molecule has 9 heteroatoms. The van der Waals surface area contributed by atoms with Gasteiger partial charge in [0.15, 0.2) is 0 Å². The Balaban J connectivity index is 1.03. The number of carboxylic acid groups (broad SMARTS) is 1. The monoisotopic (exact) mass is 805 g/mol. The minimum Gasteiger partial charge on any atom is -0.481 e. The van der Waals surface area contributed by atoms with Gasteiger partial charge in [0.2, 0.25) is 11.8 Å². The molecule has 58 heavy (non-hydrogen) atoms. The van der Waals surface area contributed by atoms with Crippen LogP contribution in [0.3, 0.4) is 0 Å². The number of ether oxygens (including phenoxy) is 2. The second kappa shape index (κ2) is 13.8. The molecule has 1 aliphatic heterocycles. The highest BCUT2D eigenvalue weighted by Crippen LogP contribution is 2.78. The summed E-state index contributed by atoms with van der Waals surface area (Å²) in [5, 5.41) is 13.4. The van der Waals surface area contributed by atoms with Crippen LogP contribution in [-0.2, 0) is 28.7 Å². The number of amides is 2. The van der Waals surface area contributed by atoms with Gasteiger partial charge in [0, 0.05) is 25.0 Å². The van der Waals surface area contributed by atoms with Gasteiger partial charge in [0.1, 0.15) is 6.10 Å². The fourth-order valence-electron chi connectivity index (χ4n) is 16.7. The molecule has 0 spiro atoms.